The molecule has 0 unspecified atom stereocenters. The molecule has 0 bridgehead atoms. The lowest BCUT2D eigenvalue weighted by molar-refractivity contribution is 0.405. The molecule has 2 aromatic carbocycles. The Labute approximate surface area is 175 Å². The van der Waals surface area contributed by atoms with Crippen molar-refractivity contribution in [3.63, 3.8) is 0 Å². The first-order chi connectivity index (χ1) is 13.5. The number of aromatic nitrogens is 2. The minimum absolute atomic E-state index is 0.492. The third kappa shape index (κ3) is 5.83. The van der Waals surface area contributed by atoms with Crippen molar-refractivity contribution in [2.24, 2.45) is 0 Å². The largest absolute Gasteiger partial charge is 0.354 e. The topological polar surface area (TPSA) is 53.1 Å². The van der Waals surface area contributed by atoms with Gasteiger partial charge in [0.15, 0.2) is 0 Å². The Morgan fingerprint density at radius 1 is 0.929 bits per heavy atom. The zero-order valence-corrected chi connectivity index (χ0v) is 17.4. The van der Waals surface area contributed by atoms with E-state index in [1.165, 1.54) is 0 Å². The summed E-state index contributed by atoms with van der Waals surface area (Å²) in [6.07, 6.45) is 1.00. The number of nitrogens with one attached hydrogen (secondary N) is 2. The second-order valence-corrected chi connectivity index (χ2v) is 7.48. The first-order valence-corrected chi connectivity index (χ1v) is 9.82. The maximum Gasteiger partial charge on any atom is 0.225 e. The van der Waals surface area contributed by atoms with Crippen LogP contribution in [0.1, 0.15) is 6.42 Å². The van der Waals surface area contributed by atoms with Crippen LogP contribution in [0.5, 0.6) is 0 Å². The average Bonchev–Trinajstić information content (AvgIpc) is 2.68. The van der Waals surface area contributed by atoms with Crippen molar-refractivity contribution in [1.82, 2.24) is 14.9 Å². The summed E-state index contributed by atoms with van der Waals surface area (Å²) in [6, 6.07) is 17.3. The van der Waals surface area contributed by atoms with Gasteiger partial charge in [-0.1, -0.05) is 53.5 Å². The van der Waals surface area contributed by atoms with E-state index in [4.69, 9.17) is 23.2 Å². The molecule has 0 radical (unpaired) electrons. The highest BCUT2D eigenvalue weighted by Crippen LogP contribution is 2.28. The van der Waals surface area contributed by atoms with Crippen LogP contribution in [-0.4, -0.2) is 42.1 Å². The summed E-state index contributed by atoms with van der Waals surface area (Å²) in [4.78, 5) is 11.4. The van der Waals surface area contributed by atoms with Gasteiger partial charge in [-0.25, -0.2) is 4.98 Å². The fourth-order valence-corrected chi connectivity index (χ4v) is 2.96. The smallest absolute Gasteiger partial charge is 0.225 e. The lowest BCUT2D eigenvalue weighted by Gasteiger charge is -2.13. The molecule has 0 fully saturated rings. The fraction of sp³-hybridized carbons (Fsp3) is 0.238. The van der Waals surface area contributed by atoms with Crippen LogP contribution in [0.15, 0.2) is 54.6 Å². The Bertz CT molecular complexity index is 916. The number of hydrogen-bond donors (Lipinski definition) is 2. The van der Waals surface area contributed by atoms with E-state index < -0.39 is 0 Å². The SMILES string of the molecule is CN(C)CCCNc1nc(Nc2ccc(Cl)c(Cl)c2)cc(-c2ccccc2)n1. The summed E-state index contributed by atoms with van der Waals surface area (Å²) < 4.78 is 0. The average molecular weight is 416 g/mol. The number of hydrogen-bond acceptors (Lipinski definition) is 5. The quantitative estimate of drug-likeness (QED) is 0.471. The van der Waals surface area contributed by atoms with E-state index in [-0.39, 0.29) is 0 Å². The van der Waals surface area contributed by atoms with Crippen LogP contribution >= 0.6 is 23.2 Å². The summed E-state index contributed by atoms with van der Waals surface area (Å²) >= 11 is 12.1. The van der Waals surface area contributed by atoms with Gasteiger partial charge in [0, 0.05) is 23.9 Å². The molecular weight excluding hydrogens is 393 g/mol. The molecular formula is C21H23Cl2N5. The van der Waals surface area contributed by atoms with Gasteiger partial charge in [0.05, 0.1) is 15.7 Å². The van der Waals surface area contributed by atoms with Gasteiger partial charge >= 0.3 is 0 Å². The Hall–Kier alpha value is -2.34. The summed E-state index contributed by atoms with van der Waals surface area (Å²) in [5.41, 5.74) is 2.68. The standard InChI is InChI=1S/C21H23Cl2N5/c1-28(2)12-6-11-24-21-26-19(15-7-4-3-5-8-15)14-20(27-21)25-16-9-10-17(22)18(23)13-16/h3-5,7-10,13-14H,6,11-12H2,1-2H3,(H2,24,25,26,27). The molecule has 0 aliphatic heterocycles. The number of nitrogens with zero attached hydrogens (tertiary/aromatic N) is 3. The van der Waals surface area contributed by atoms with Gasteiger partial charge in [0.2, 0.25) is 5.95 Å². The van der Waals surface area contributed by atoms with Gasteiger partial charge in [-0.3, -0.25) is 0 Å². The molecule has 1 heterocycles. The van der Waals surface area contributed by atoms with Crippen molar-refractivity contribution in [3.8, 4) is 11.3 Å². The molecule has 0 aliphatic rings. The number of halogens is 2. The van der Waals surface area contributed by atoms with Crippen LogP contribution in [0.3, 0.4) is 0 Å². The van der Waals surface area contributed by atoms with E-state index in [1.807, 2.05) is 42.5 Å². The molecule has 0 aliphatic carbocycles. The summed E-state index contributed by atoms with van der Waals surface area (Å²) in [5, 5.41) is 7.62. The Morgan fingerprint density at radius 3 is 2.43 bits per heavy atom. The number of benzene rings is 2. The van der Waals surface area contributed by atoms with Crippen LogP contribution in [0.4, 0.5) is 17.5 Å². The highest BCUT2D eigenvalue weighted by Gasteiger charge is 2.08. The molecule has 146 valence electrons. The lowest BCUT2D eigenvalue weighted by atomic mass is 10.1. The van der Waals surface area contributed by atoms with Gasteiger partial charge in [-0.15, -0.1) is 0 Å². The maximum atomic E-state index is 6.13. The third-order valence-corrected chi connectivity index (χ3v) is 4.79. The number of anilines is 3. The Morgan fingerprint density at radius 2 is 1.71 bits per heavy atom. The first kappa shape index (κ1) is 20.4. The highest BCUT2D eigenvalue weighted by molar-refractivity contribution is 6.42. The van der Waals surface area contributed by atoms with Crippen molar-refractivity contribution in [1.29, 1.82) is 0 Å². The first-order valence-electron chi connectivity index (χ1n) is 9.06. The molecule has 0 saturated heterocycles. The predicted molar refractivity (Wildman–Crippen MR) is 119 cm³/mol. The molecule has 3 aromatic rings. The van der Waals surface area contributed by atoms with Crippen LogP contribution in [-0.2, 0) is 0 Å². The zero-order chi connectivity index (χ0) is 19.9. The van der Waals surface area contributed by atoms with Gasteiger partial charge in [0.1, 0.15) is 5.82 Å². The van der Waals surface area contributed by atoms with Gasteiger partial charge < -0.3 is 15.5 Å². The van der Waals surface area contributed by atoms with Crippen molar-refractivity contribution in [2.75, 3.05) is 37.8 Å². The second-order valence-electron chi connectivity index (χ2n) is 6.67. The predicted octanol–water partition coefficient (Wildman–Crippen LogP) is 5.56. The summed E-state index contributed by atoms with van der Waals surface area (Å²) in [7, 11) is 4.12. The Kier molecular flexibility index (Phi) is 7.09. The van der Waals surface area contributed by atoms with E-state index in [9.17, 15) is 0 Å². The number of rotatable bonds is 8. The van der Waals surface area contributed by atoms with Gasteiger partial charge in [-0.2, -0.15) is 4.98 Å². The molecule has 28 heavy (non-hydrogen) atoms. The molecule has 0 amide bonds. The molecule has 1 aromatic heterocycles. The molecule has 7 heteroatoms. The van der Waals surface area contributed by atoms with Crippen LogP contribution < -0.4 is 10.6 Å². The normalized spacial score (nSPS) is 10.9. The van der Waals surface area contributed by atoms with Crippen LogP contribution in [0, 0.1) is 0 Å². The summed E-state index contributed by atoms with van der Waals surface area (Å²) in [5.74, 6) is 1.27. The molecule has 0 atom stereocenters. The van der Waals surface area contributed by atoms with Crippen molar-refractivity contribution in [3.05, 3.63) is 64.6 Å². The Balaban J connectivity index is 1.85. The lowest BCUT2D eigenvalue weighted by Crippen LogP contribution is -2.17. The van der Waals surface area contributed by atoms with Crippen molar-refractivity contribution < 1.29 is 0 Å². The molecule has 2 N–H and O–H groups in total. The van der Waals surface area contributed by atoms with Crippen molar-refractivity contribution in [2.45, 2.75) is 6.42 Å². The van der Waals surface area contributed by atoms with E-state index >= 15 is 0 Å². The molecule has 0 saturated carbocycles. The van der Waals surface area contributed by atoms with Gasteiger partial charge in [0.25, 0.3) is 0 Å². The minimum Gasteiger partial charge on any atom is -0.354 e. The minimum atomic E-state index is 0.492. The van der Waals surface area contributed by atoms with E-state index in [1.54, 1.807) is 12.1 Å². The van der Waals surface area contributed by atoms with Crippen LogP contribution in [0.2, 0.25) is 10.0 Å². The maximum absolute atomic E-state index is 6.13. The van der Waals surface area contributed by atoms with Crippen LogP contribution in [0.25, 0.3) is 11.3 Å². The zero-order valence-electron chi connectivity index (χ0n) is 15.9. The third-order valence-electron chi connectivity index (χ3n) is 4.05. The van der Waals surface area contributed by atoms with Gasteiger partial charge in [-0.05, 0) is 45.3 Å². The fourth-order valence-electron chi connectivity index (χ4n) is 2.66. The monoisotopic (exact) mass is 415 g/mol. The van der Waals surface area contributed by atoms with Crippen molar-refractivity contribution >= 4 is 40.7 Å². The molecule has 0 spiro atoms. The second kappa shape index (κ2) is 9.73. The van der Waals surface area contributed by atoms with E-state index in [2.05, 4.69) is 39.6 Å². The highest BCUT2D eigenvalue weighted by atomic mass is 35.5. The van der Waals surface area contributed by atoms with E-state index in [0.29, 0.717) is 21.8 Å². The molecule has 5 nitrogen and oxygen atoms in total. The molecule has 3 rings (SSSR count). The van der Waals surface area contributed by atoms with E-state index in [0.717, 1.165) is 36.5 Å². The summed E-state index contributed by atoms with van der Waals surface area (Å²) in [6.45, 7) is 1.79.